The molecule has 0 aliphatic rings. The van der Waals surface area contributed by atoms with Crippen molar-refractivity contribution in [1.82, 2.24) is 4.98 Å². The second kappa shape index (κ2) is 5.08. The summed E-state index contributed by atoms with van der Waals surface area (Å²) in [7, 11) is 0. The van der Waals surface area contributed by atoms with Gasteiger partial charge in [-0.1, -0.05) is 29.8 Å². The molecule has 0 saturated carbocycles. The Morgan fingerprint density at radius 3 is 1.88 bits per heavy atom. The first-order valence-corrected chi connectivity index (χ1v) is 5.51. The maximum atomic E-state index is 9.13. The predicted octanol–water partition coefficient (Wildman–Crippen LogP) is 2.04. The van der Waals surface area contributed by atoms with Crippen LogP contribution in [0, 0.1) is 6.92 Å². The zero-order valence-electron chi connectivity index (χ0n) is 9.72. The molecule has 17 heavy (non-hydrogen) atoms. The normalized spacial score (nSPS) is 10.5. The lowest BCUT2D eigenvalue weighted by molar-refractivity contribution is 0.265. The van der Waals surface area contributed by atoms with Crippen molar-refractivity contribution in [3.63, 3.8) is 0 Å². The van der Waals surface area contributed by atoms with Crippen LogP contribution in [0.3, 0.4) is 0 Å². The van der Waals surface area contributed by atoms with E-state index in [1.165, 1.54) is 5.56 Å². The minimum atomic E-state index is -0.118. The van der Waals surface area contributed by atoms with Gasteiger partial charge < -0.3 is 10.2 Å². The van der Waals surface area contributed by atoms with Gasteiger partial charge >= 0.3 is 0 Å². The van der Waals surface area contributed by atoms with Gasteiger partial charge in [-0.2, -0.15) is 0 Å². The van der Waals surface area contributed by atoms with Crippen LogP contribution in [0.5, 0.6) is 0 Å². The summed E-state index contributed by atoms with van der Waals surface area (Å²) in [5.41, 5.74) is 4.38. The monoisotopic (exact) mass is 229 g/mol. The van der Waals surface area contributed by atoms with Crippen LogP contribution in [0.2, 0.25) is 0 Å². The lowest BCUT2D eigenvalue weighted by Crippen LogP contribution is -1.97. The zero-order chi connectivity index (χ0) is 12.3. The van der Waals surface area contributed by atoms with Crippen molar-refractivity contribution in [3.05, 3.63) is 53.3 Å². The topological polar surface area (TPSA) is 53.4 Å². The molecule has 0 unspecified atom stereocenters. The summed E-state index contributed by atoms with van der Waals surface area (Å²) in [6, 6.07) is 11.8. The third kappa shape index (κ3) is 2.70. The molecule has 0 bridgehead atoms. The predicted molar refractivity (Wildman–Crippen MR) is 66.3 cm³/mol. The van der Waals surface area contributed by atoms with Crippen molar-refractivity contribution in [3.8, 4) is 11.1 Å². The van der Waals surface area contributed by atoms with Gasteiger partial charge in [0.1, 0.15) is 0 Å². The van der Waals surface area contributed by atoms with E-state index in [0.29, 0.717) is 11.4 Å². The molecule has 0 aliphatic heterocycles. The Morgan fingerprint density at radius 1 is 0.882 bits per heavy atom. The zero-order valence-corrected chi connectivity index (χ0v) is 9.72. The van der Waals surface area contributed by atoms with Gasteiger partial charge in [0, 0.05) is 0 Å². The first-order chi connectivity index (χ1) is 8.22. The van der Waals surface area contributed by atoms with E-state index in [9.17, 15) is 0 Å². The Bertz CT molecular complexity index is 484. The van der Waals surface area contributed by atoms with Crippen LogP contribution in [0.1, 0.15) is 17.0 Å². The molecule has 0 amide bonds. The average molecular weight is 229 g/mol. The number of aliphatic hydroxyl groups is 2. The maximum absolute atomic E-state index is 9.13. The first kappa shape index (κ1) is 11.8. The Kier molecular flexibility index (Phi) is 3.52. The number of aryl methyl sites for hydroxylation is 1. The van der Waals surface area contributed by atoms with Gasteiger partial charge in [-0.3, -0.25) is 4.98 Å². The summed E-state index contributed by atoms with van der Waals surface area (Å²) in [5, 5.41) is 18.3. The number of aliphatic hydroxyl groups excluding tert-OH is 2. The molecular weight excluding hydrogens is 214 g/mol. The molecule has 3 nitrogen and oxygen atoms in total. The highest BCUT2D eigenvalue weighted by atomic mass is 16.3. The third-order valence-electron chi connectivity index (χ3n) is 2.64. The second-order valence-corrected chi connectivity index (χ2v) is 4.02. The summed E-state index contributed by atoms with van der Waals surface area (Å²) < 4.78 is 0. The molecule has 0 spiro atoms. The van der Waals surface area contributed by atoms with Gasteiger partial charge in [0.05, 0.1) is 24.6 Å². The van der Waals surface area contributed by atoms with Crippen molar-refractivity contribution in [1.29, 1.82) is 0 Å². The van der Waals surface area contributed by atoms with Crippen molar-refractivity contribution in [2.75, 3.05) is 0 Å². The molecule has 0 atom stereocenters. The standard InChI is InChI=1S/C14H15NO2/c1-10-2-4-11(5-3-10)12-6-13(8-16)15-14(7-12)9-17/h2-7,16-17H,8-9H2,1H3. The maximum Gasteiger partial charge on any atom is 0.0853 e. The van der Waals surface area contributed by atoms with E-state index in [4.69, 9.17) is 10.2 Å². The van der Waals surface area contributed by atoms with E-state index in [1.807, 2.05) is 43.3 Å². The molecule has 0 radical (unpaired) electrons. The fourth-order valence-corrected chi connectivity index (χ4v) is 1.72. The summed E-state index contributed by atoms with van der Waals surface area (Å²) in [6.45, 7) is 1.80. The van der Waals surface area contributed by atoms with Crippen molar-refractivity contribution in [2.24, 2.45) is 0 Å². The first-order valence-electron chi connectivity index (χ1n) is 5.51. The lowest BCUT2D eigenvalue weighted by atomic mass is 10.0. The highest BCUT2D eigenvalue weighted by molar-refractivity contribution is 5.64. The van der Waals surface area contributed by atoms with Crippen LogP contribution in [0.25, 0.3) is 11.1 Å². The molecule has 2 aromatic rings. The molecular formula is C14H15NO2. The Balaban J connectivity index is 2.46. The third-order valence-corrected chi connectivity index (χ3v) is 2.64. The minimum absolute atomic E-state index is 0.118. The van der Waals surface area contributed by atoms with Gasteiger partial charge in [0.2, 0.25) is 0 Å². The van der Waals surface area contributed by atoms with E-state index >= 15 is 0 Å². The number of hydrogen-bond acceptors (Lipinski definition) is 3. The largest absolute Gasteiger partial charge is 0.390 e. The molecule has 3 heteroatoms. The van der Waals surface area contributed by atoms with Gasteiger partial charge in [0.15, 0.2) is 0 Å². The quantitative estimate of drug-likeness (QED) is 0.846. The minimum Gasteiger partial charge on any atom is -0.390 e. The van der Waals surface area contributed by atoms with E-state index in [-0.39, 0.29) is 13.2 Å². The van der Waals surface area contributed by atoms with Gasteiger partial charge in [-0.25, -0.2) is 0 Å². The molecule has 1 aromatic carbocycles. The summed E-state index contributed by atoms with van der Waals surface area (Å²) >= 11 is 0. The van der Waals surface area contributed by atoms with Crippen LogP contribution in [-0.2, 0) is 13.2 Å². The lowest BCUT2D eigenvalue weighted by Gasteiger charge is -2.07. The van der Waals surface area contributed by atoms with E-state index in [2.05, 4.69) is 4.98 Å². The van der Waals surface area contributed by atoms with Crippen molar-refractivity contribution < 1.29 is 10.2 Å². The Labute approximate surface area is 100 Å². The number of aromatic nitrogens is 1. The number of pyridine rings is 1. The van der Waals surface area contributed by atoms with Crippen LogP contribution in [0.15, 0.2) is 36.4 Å². The van der Waals surface area contributed by atoms with Gasteiger partial charge in [-0.05, 0) is 30.2 Å². The SMILES string of the molecule is Cc1ccc(-c2cc(CO)nc(CO)c2)cc1. The van der Waals surface area contributed by atoms with Crippen LogP contribution >= 0.6 is 0 Å². The fraction of sp³-hybridized carbons (Fsp3) is 0.214. The van der Waals surface area contributed by atoms with Crippen LogP contribution < -0.4 is 0 Å². The fourth-order valence-electron chi connectivity index (χ4n) is 1.72. The Morgan fingerprint density at radius 2 is 1.41 bits per heavy atom. The molecule has 0 aliphatic carbocycles. The second-order valence-electron chi connectivity index (χ2n) is 4.02. The van der Waals surface area contributed by atoms with Crippen LogP contribution in [0.4, 0.5) is 0 Å². The highest BCUT2D eigenvalue weighted by Gasteiger charge is 2.03. The van der Waals surface area contributed by atoms with E-state index in [1.54, 1.807) is 0 Å². The van der Waals surface area contributed by atoms with Crippen LogP contribution in [-0.4, -0.2) is 15.2 Å². The number of rotatable bonds is 3. The molecule has 1 heterocycles. The number of benzene rings is 1. The molecule has 0 fully saturated rings. The van der Waals surface area contributed by atoms with Crippen molar-refractivity contribution >= 4 is 0 Å². The van der Waals surface area contributed by atoms with Crippen molar-refractivity contribution in [2.45, 2.75) is 20.1 Å². The summed E-state index contributed by atoms with van der Waals surface area (Å²) in [6.07, 6.45) is 0. The summed E-state index contributed by atoms with van der Waals surface area (Å²) in [4.78, 5) is 4.11. The molecule has 1 aromatic heterocycles. The summed E-state index contributed by atoms with van der Waals surface area (Å²) in [5.74, 6) is 0. The number of nitrogens with zero attached hydrogens (tertiary/aromatic N) is 1. The molecule has 88 valence electrons. The number of hydrogen-bond donors (Lipinski definition) is 2. The molecule has 2 N–H and O–H groups in total. The molecule has 2 rings (SSSR count). The Hall–Kier alpha value is -1.71. The van der Waals surface area contributed by atoms with Gasteiger partial charge in [0.25, 0.3) is 0 Å². The van der Waals surface area contributed by atoms with E-state index in [0.717, 1.165) is 11.1 Å². The van der Waals surface area contributed by atoms with Gasteiger partial charge in [-0.15, -0.1) is 0 Å². The molecule has 0 saturated heterocycles. The smallest absolute Gasteiger partial charge is 0.0853 e. The average Bonchev–Trinajstić information content (AvgIpc) is 2.39. The van der Waals surface area contributed by atoms with E-state index < -0.39 is 0 Å². The highest BCUT2D eigenvalue weighted by Crippen LogP contribution is 2.21.